The number of carbonyl (C=O) groups excluding carboxylic acids is 2. The molecular weight excluding hydrogens is 365 g/mol. The topological polar surface area (TPSA) is 55.4 Å². The number of anilines is 1. The van der Waals surface area contributed by atoms with Crippen molar-refractivity contribution in [1.29, 1.82) is 0 Å². The van der Waals surface area contributed by atoms with Crippen molar-refractivity contribution in [1.82, 2.24) is 0 Å². The zero-order valence-corrected chi connectivity index (χ0v) is 14.0. The maximum Gasteiger partial charge on any atom is 0.311 e. The highest BCUT2D eigenvalue weighted by atomic mass is 79.9. The molecule has 6 heteroatoms. The molecule has 4 nitrogen and oxygen atoms in total. The molecule has 0 fully saturated rings. The summed E-state index contributed by atoms with van der Waals surface area (Å²) in [6.45, 7) is 1.48. The van der Waals surface area contributed by atoms with Crippen molar-refractivity contribution in [2.45, 2.75) is 19.4 Å². The Morgan fingerprint density at radius 3 is 2.35 bits per heavy atom. The van der Waals surface area contributed by atoms with Crippen LogP contribution in [0.5, 0.6) is 0 Å². The third kappa shape index (κ3) is 5.49. The van der Waals surface area contributed by atoms with E-state index in [1.165, 1.54) is 31.2 Å². The molecule has 0 bridgehead atoms. The van der Waals surface area contributed by atoms with E-state index in [0.717, 1.165) is 10.0 Å². The van der Waals surface area contributed by atoms with Crippen LogP contribution in [-0.4, -0.2) is 18.0 Å². The van der Waals surface area contributed by atoms with E-state index in [9.17, 15) is 14.0 Å². The lowest BCUT2D eigenvalue weighted by atomic mass is 10.1. The normalized spacial score (nSPS) is 11.6. The summed E-state index contributed by atoms with van der Waals surface area (Å²) in [7, 11) is 0. The lowest BCUT2D eigenvalue weighted by Crippen LogP contribution is -2.30. The highest BCUT2D eigenvalue weighted by Gasteiger charge is 2.18. The van der Waals surface area contributed by atoms with Crippen molar-refractivity contribution in [3.8, 4) is 0 Å². The molecule has 0 aliphatic heterocycles. The fourth-order valence-corrected chi connectivity index (χ4v) is 2.10. The van der Waals surface area contributed by atoms with Crippen LogP contribution in [0.25, 0.3) is 0 Å². The van der Waals surface area contributed by atoms with Crippen molar-refractivity contribution in [3.05, 3.63) is 64.4 Å². The Balaban J connectivity index is 1.86. The molecule has 2 aromatic carbocycles. The lowest BCUT2D eigenvalue weighted by molar-refractivity contribution is -0.152. The van der Waals surface area contributed by atoms with Crippen LogP contribution in [0.3, 0.4) is 0 Å². The SMILES string of the molecule is C[C@@H](OC(=O)Cc1ccc(Br)cc1)C(=O)Nc1ccc(F)cc1. The summed E-state index contributed by atoms with van der Waals surface area (Å²) in [6, 6.07) is 12.6. The molecule has 0 heterocycles. The van der Waals surface area contributed by atoms with Crippen LogP contribution in [0.2, 0.25) is 0 Å². The van der Waals surface area contributed by atoms with E-state index >= 15 is 0 Å². The number of ether oxygens (including phenoxy) is 1. The van der Waals surface area contributed by atoms with Crippen LogP contribution in [0.1, 0.15) is 12.5 Å². The number of hydrogen-bond donors (Lipinski definition) is 1. The minimum absolute atomic E-state index is 0.0848. The number of carbonyl (C=O) groups is 2. The molecule has 0 unspecified atom stereocenters. The Morgan fingerprint density at radius 1 is 1.13 bits per heavy atom. The molecule has 1 N–H and O–H groups in total. The van der Waals surface area contributed by atoms with Crippen molar-refractivity contribution in [2.24, 2.45) is 0 Å². The molecule has 0 radical (unpaired) electrons. The molecule has 1 atom stereocenters. The second-order valence-electron chi connectivity index (χ2n) is 4.93. The van der Waals surface area contributed by atoms with Crippen LogP contribution in [-0.2, 0) is 20.7 Å². The first-order chi connectivity index (χ1) is 10.9. The standard InChI is InChI=1S/C17H15BrFNO3/c1-11(17(22)20-15-8-6-14(19)7-9-15)23-16(21)10-12-2-4-13(18)5-3-12/h2-9,11H,10H2,1H3,(H,20,22)/t11-/m1/s1. The van der Waals surface area contributed by atoms with Gasteiger partial charge in [0.15, 0.2) is 6.10 Å². The highest BCUT2D eigenvalue weighted by molar-refractivity contribution is 9.10. The maximum atomic E-state index is 12.8. The summed E-state index contributed by atoms with van der Waals surface area (Å²) in [5, 5.41) is 2.56. The van der Waals surface area contributed by atoms with Gasteiger partial charge < -0.3 is 10.1 Å². The Labute approximate surface area is 141 Å². The Bertz CT molecular complexity index is 686. The average Bonchev–Trinajstić information content (AvgIpc) is 2.51. The van der Waals surface area contributed by atoms with Gasteiger partial charge in [-0.05, 0) is 48.9 Å². The van der Waals surface area contributed by atoms with E-state index in [1.54, 1.807) is 12.1 Å². The molecule has 0 saturated heterocycles. The van der Waals surface area contributed by atoms with Gasteiger partial charge in [-0.1, -0.05) is 28.1 Å². The van der Waals surface area contributed by atoms with Gasteiger partial charge in [-0.25, -0.2) is 4.39 Å². The van der Waals surface area contributed by atoms with Crippen molar-refractivity contribution in [3.63, 3.8) is 0 Å². The molecule has 0 aromatic heterocycles. The van der Waals surface area contributed by atoms with Gasteiger partial charge in [0, 0.05) is 10.2 Å². The number of esters is 1. The zero-order valence-electron chi connectivity index (χ0n) is 12.4. The third-order valence-corrected chi connectivity index (χ3v) is 3.58. The number of hydrogen-bond acceptors (Lipinski definition) is 3. The number of benzene rings is 2. The van der Waals surface area contributed by atoms with Gasteiger partial charge >= 0.3 is 5.97 Å². The molecule has 0 saturated carbocycles. The van der Waals surface area contributed by atoms with Gasteiger partial charge in [0.25, 0.3) is 5.91 Å². The smallest absolute Gasteiger partial charge is 0.311 e. The number of rotatable bonds is 5. The number of halogens is 2. The third-order valence-electron chi connectivity index (χ3n) is 3.05. The first kappa shape index (κ1) is 17.1. The second kappa shape index (κ2) is 7.87. The van der Waals surface area contributed by atoms with E-state index in [1.807, 2.05) is 12.1 Å². The first-order valence-corrected chi connectivity index (χ1v) is 7.73. The van der Waals surface area contributed by atoms with Crippen molar-refractivity contribution in [2.75, 3.05) is 5.32 Å². The summed E-state index contributed by atoms with van der Waals surface area (Å²) in [4.78, 5) is 23.8. The fourth-order valence-electron chi connectivity index (χ4n) is 1.84. The molecule has 2 aromatic rings. The minimum atomic E-state index is -0.942. The highest BCUT2D eigenvalue weighted by Crippen LogP contribution is 2.12. The van der Waals surface area contributed by atoms with Gasteiger partial charge in [0.1, 0.15) is 5.82 Å². The average molecular weight is 380 g/mol. The summed E-state index contributed by atoms with van der Waals surface area (Å²) >= 11 is 3.31. The molecule has 0 spiro atoms. The first-order valence-electron chi connectivity index (χ1n) is 6.94. The van der Waals surface area contributed by atoms with E-state index < -0.39 is 23.8 Å². The summed E-state index contributed by atoms with van der Waals surface area (Å²) < 4.78 is 18.8. The van der Waals surface area contributed by atoms with Crippen molar-refractivity contribution >= 4 is 33.5 Å². The second-order valence-corrected chi connectivity index (χ2v) is 5.85. The summed E-state index contributed by atoms with van der Waals surface area (Å²) in [5.74, 6) is -1.35. The number of amides is 1. The van der Waals surface area contributed by atoms with E-state index in [2.05, 4.69) is 21.2 Å². The predicted octanol–water partition coefficient (Wildman–Crippen LogP) is 3.70. The Kier molecular flexibility index (Phi) is 5.87. The number of nitrogens with one attached hydrogen (secondary N) is 1. The molecule has 0 aliphatic rings. The Morgan fingerprint density at radius 2 is 1.74 bits per heavy atom. The van der Waals surface area contributed by atoms with Gasteiger partial charge in [0.05, 0.1) is 6.42 Å². The van der Waals surface area contributed by atoms with Gasteiger partial charge in [-0.3, -0.25) is 9.59 Å². The largest absolute Gasteiger partial charge is 0.452 e. The fraction of sp³-hybridized carbons (Fsp3) is 0.176. The molecule has 2 rings (SSSR count). The van der Waals surface area contributed by atoms with Crippen molar-refractivity contribution < 1.29 is 18.7 Å². The summed E-state index contributed by atoms with van der Waals surface area (Å²) in [5.41, 5.74) is 1.23. The molecular formula is C17H15BrFNO3. The molecule has 0 aliphatic carbocycles. The molecule has 1 amide bonds. The lowest BCUT2D eigenvalue weighted by Gasteiger charge is -2.13. The monoisotopic (exact) mass is 379 g/mol. The van der Waals surface area contributed by atoms with Gasteiger partial charge in [-0.15, -0.1) is 0 Å². The predicted molar refractivity (Wildman–Crippen MR) is 88.4 cm³/mol. The van der Waals surface area contributed by atoms with Crippen LogP contribution in [0, 0.1) is 5.82 Å². The molecule has 23 heavy (non-hydrogen) atoms. The molecule has 120 valence electrons. The van der Waals surface area contributed by atoms with E-state index in [-0.39, 0.29) is 6.42 Å². The van der Waals surface area contributed by atoms with Crippen LogP contribution in [0.15, 0.2) is 53.0 Å². The summed E-state index contributed by atoms with van der Waals surface area (Å²) in [6.07, 6.45) is -0.857. The minimum Gasteiger partial charge on any atom is -0.452 e. The van der Waals surface area contributed by atoms with Gasteiger partial charge in [0.2, 0.25) is 0 Å². The maximum absolute atomic E-state index is 12.8. The zero-order chi connectivity index (χ0) is 16.8. The Hall–Kier alpha value is -2.21. The van der Waals surface area contributed by atoms with E-state index in [0.29, 0.717) is 5.69 Å². The van der Waals surface area contributed by atoms with Crippen LogP contribution in [0.4, 0.5) is 10.1 Å². The van der Waals surface area contributed by atoms with Crippen LogP contribution < -0.4 is 5.32 Å². The van der Waals surface area contributed by atoms with Gasteiger partial charge in [-0.2, -0.15) is 0 Å². The quantitative estimate of drug-likeness (QED) is 0.805. The van der Waals surface area contributed by atoms with E-state index in [4.69, 9.17) is 4.74 Å². The van der Waals surface area contributed by atoms with Crippen LogP contribution >= 0.6 is 15.9 Å².